The average Bonchev–Trinajstić information content (AvgIpc) is 2.72. The Morgan fingerprint density at radius 1 is 1.14 bits per heavy atom. The molecule has 2 N–H and O–H groups in total. The third-order valence-electron chi connectivity index (χ3n) is 5.53. The van der Waals surface area contributed by atoms with E-state index in [0.29, 0.717) is 19.8 Å². The standard InChI is InChI=1S/C20H31FN4O2.HI/c1-22-19(23-7-8-25-9-13-27-14-10-25)24-16-20(5-11-26-12-6-20)17-3-2-4-18(21)15-17;/h2-4,15H,5-14,16H2,1H3,(H2,22,23,24);1H. The molecule has 0 unspecified atom stereocenters. The Labute approximate surface area is 184 Å². The third kappa shape index (κ3) is 6.53. The van der Waals surface area contributed by atoms with E-state index in [2.05, 4.69) is 20.5 Å². The fourth-order valence-corrected chi connectivity index (χ4v) is 3.78. The van der Waals surface area contributed by atoms with E-state index < -0.39 is 0 Å². The van der Waals surface area contributed by atoms with Crippen LogP contribution in [0, 0.1) is 5.82 Å². The highest BCUT2D eigenvalue weighted by Crippen LogP contribution is 2.34. The SMILES string of the molecule is CN=C(NCCN1CCOCC1)NCC1(c2cccc(F)c2)CCOCC1.I. The van der Waals surface area contributed by atoms with E-state index in [1.165, 1.54) is 6.07 Å². The van der Waals surface area contributed by atoms with Crippen LogP contribution in [0.4, 0.5) is 4.39 Å². The minimum absolute atomic E-state index is 0. The molecule has 28 heavy (non-hydrogen) atoms. The summed E-state index contributed by atoms with van der Waals surface area (Å²) in [5.41, 5.74) is 0.893. The molecule has 0 amide bonds. The van der Waals surface area contributed by atoms with Gasteiger partial charge < -0.3 is 20.1 Å². The van der Waals surface area contributed by atoms with Gasteiger partial charge in [0.2, 0.25) is 0 Å². The minimum Gasteiger partial charge on any atom is -0.381 e. The van der Waals surface area contributed by atoms with E-state index in [1.54, 1.807) is 19.2 Å². The summed E-state index contributed by atoms with van der Waals surface area (Å²) in [5, 5.41) is 6.84. The third-order valence-corrected chi connectivity index (χ3v) is 5.53. The molecule has 0 spiro atoms. The van der Waals surface area contributed by atoms with E-state index in [4.69, 9.17) is 9.47 Å². The molecule has 2 fully saturated rings. The summed E-state index contributed by atoms with van der Waals surface area (Å²) in [6.45, 7) is 7.48. The molecule has 3 rings (SSSR count). The predicted octanol–water partition coefficient (Wildman–Crippen LogP) is 1.99. The van der Waals surface area contributed by atoms with Gasteiger partial charge in [0, 0.05) is 58.4 Å². The summed E-state index contributed by atoms with van der Waals surface area (Å²) < 4.78 is 24.7. The quantitative estimate of drug-likeness (QED) is 0.351. The molecule has 0 radical (unpaired) electrons. The molecule has 2 aliphatic heterocycles. The number of hydrogen-bond acceptors (Lipinski definition) is 4. The van der Waals surface area contributed by atoms with Crippen molar-refractivity contribution in [2.75, 3.05) is 66.2 Å². The predicted molar refractivity (Wildman–Crippen MR) is 120 cm³/mol. The van der Waals surface area contributed by atoms with Gasteiger partial charge in [0.15, 0.2) is 5.96 Å². The molecule has 6 nitrogen and oxygen atoms in total. The van der Waals surface area contributed by atoms with Crippen molar-refractivity contribution in [1.29, 1.82) is 0 Å². The van der Waals surface area contributed by atoms with Gasteiger partial charge in [0.1, 0.15) is 5.82 Å². The van der Waals surface area contributed by atoms with Crippen LogP contribution in [0.15, 0.2) is 29.3 Å². The second kappa shape index (κ2) is 11.9. The van der Waals surface area contributed by atoms with Crippen LogP contribution < -0.4 is 10.6 Å². The van der Waals surface area contributed by atoms with Gasteiger partial charge >= 0.3 is 0 Å². The lowest BCUT2D eigenvalue weighted by molar-refractivity contribution is 0.0388. The van der Waals surface area contributed by atoms with Crippen molar-refractivity contribution in [3.63, 3.8) is 0 Å². The normalized spacial score (nSPS) is 20.3. The van der Waals surface area contributed by atoms with E-state index in [1.807, 2.05) is 6.07 Å². The first-order valence-electron chi connectivity index (χ1n) is 9.80. The lowest BCUT2D eigenvalue weighted by Crippen LogP contribution is -2.49. The van der Waals surface area contributed by atoms with Crippen LogP contribution in [0.25, 0.3) is 0 Å². The topological polar surface area (TPSA) is 58.1 Å². The van der Waals surface area contributed by atoms with Crippen molar-refractivity contribution in [3.8, 4) is 0 Å². The highest BCUT2D eigenvalue weighted by Gasteiger charge is 2.34. The smallest absolute Gasteiger partial charge is 0.191 e. The highest BCUT2D eigenvalue weighted by atomic mass is 127. The monoisotopic (exact) mass is 506 g/mol. The van der Waals surface area contributed by atoms with Crippen LogP contribution in [0.2, 0.25) is 0 Å². The van der Waals surface area contributed by atoms with E-state index >= 15 is 0 Å². The fraction of sp³-hybridized carbons (Fsp3) is 0.650. The van der Waals surface area contributed by atoms with Crippen molar-refractivity contribution in [3.05, 3.63) is 35.6 Å². The number of aliphatic imine (C=N–C) groups is 1. The highest BCUT2D eigenvalue weighted by molar-refractivity contribution is 14.0. The van der Waals surface area contributed by atoms with Crippen LogP contribution >= 0.6 is 24.0 Å². The molecule has 2 heterocycles. The molecule has 2 aliphatic rings. The van der Waals surface area contributed by atoms with Crippen LogP contribution in [0.1, 0.15) is 18.4 Å². The molecular weight excluding hydrogens is 474 g/mol. The Bertz CT molecular complexity index is 620. The van der Waals surface area contributed by atoms with Crippen molar-refractivity contribution in [2.45, 2.75) is 18.3 Å². The molecule has 0 atom stereocenters. The number of hydrogen-bond donors (Lipinski definition) is 2. The lowest BCUT2D eigenvalue weighted by atomic mass is 9.74. The number of ether oxygens (including phenoxy) is 2. The fourth-order valence-electron chi connectivity index (χ4n) is 3.78. The maximum atomic E-state index is 13.8. The Hall–Kier alpha value is -0.970. The van der Waals surface area contributed by atoms with E-state index in [-0.39, 0.29) is 35.2 Å². The Morgan fingerprint density at radius 2 is 1.86 bits per heavy atom. The summed E-state index contributed by atoms with van der Waals surface area (Å²) in [6.07, 6.45) is 1.74. The maximum Gasteiger partial charge on any atom is 0.191 e. The van der Waals surface area contributed by atoms with Gasteiger partial charge in [-0.3, -0.25) is 9.89 Å². The first kappa shape index (κ1) is 23.3. The van der Waals surface area contributed by atoms with Gasteiger partial charge in [-0.05, 0) is 30.5 Å². The van der Waals surface area contributed by atoms with Gasteiger partial charge in [-0.2, -0.15) is 0 Å². The molecule has 0 aliphatic carbocycles. The summed E-state index contributed by atoms with van der Waals surface area (Å²) in [6, 6.07) is 6.96. The Kier molecular flexibility index (Phi) is 9.90. The van der Waals surface area contributed by atoms with E-state index in [9.17, 15) is 4.39 Å². The first-order chi connectivity index (χ1) is 13.2. The molecule has 158 valence electrons. The van der Waals surface area contributed by atoms with Crippen LogP contribution in [-0.2, 0) is 14.9 Å². The van der Waals surface area contributed by atoms with Gasteiger partial charge in [-0.25, -0.2) is 4.39 Å². The average molecular weight is 506 g/mol. The van der Waals surface area contributed by atoms with Crippen molar-refractivity contribution in [2.24, 2.45) is 4.99 Å². The Balaban J connectivity index is 0.00000280. The summed E-state index contributed by atoms with van der Waals surface area (Å²) >= 11 is 0. The number of guanidine groups is 1. The summed E-state index contributed by atoms with van der Waals surface area (Å²) in [7, 11) is 1.78. The molecule has 2 saturated heterocycles. The first-order valence-corrected chi connectivity index (χ1v) is 9.80. The van der Waals surface area contributed by atoms with Gasteiger partial charge in [-0.15, -0.1) is 24.0 Å². The molecule has 0 bridgehead atoms. The van der Waals surface area contributed by atoms with Crippen molar-refractivity contribution in [1.82, 2.24) is 15.5 Å². The van der Waals surface area contributed by atoms with Gasteiger partial charge in [0.05, 0.1) is 13.2 Å². The number of nitrogens with one attached hydrogen (secondary N) is 2. The number of benzene rings is 1. The number of halogens is 2. The van der Waals surface area contributed by atoms with Crippen molar-refractivity contribution < 1.29 is 13.9 Å². The maximum absolute atomic E-state index is 13.8. The largest absolute Gasteiger partial charge is 0.381 e. The number of rotatable bonds is 6. The van der Waals surface area contributed by atoms with Gasteiger partial charge in [-0.1, -0.05) is 12.1 Å². The minimum atomic E-state index is -0.189. The van der Waals surface area contributed by atoms with Crippen molar-refractivity contribution >= 4 is 29.9 Å². The number of nitrogens with zero attached hydrogens (tertiary/aromatic N) is 2. The lowest BCUT2D eigenvalue weighted by Gasteiger charge is -2.38. The van der Waals surface area contributed by atoms with Crippen LogP contribution in [0.3, 0.4) is 0 Å². The zero-order valence-corrected chi connectivity index (χ0v) is 18.9. The summed E-state index contributed by atoms with van der Waals surface area (Å²) in [5.74, 6) is 0.594. The molecule has 0 aromatic heterocycles. The Morgan fingerprint density at radius 3 is 2.54 bits per heavy atom. The number of morpholine rings is 1. The van der Waals surface area contributed by atoms with Crippen LogP contribution in [-0.4, -0.2) is 77.1 Å². The zero-order valence-electron chi connectivity index (χ0n) is 16.6. The summed E-state index contributed by atoms with van der Waals surface area (Å²) in [4.78, 5) is 6.73. The molecular formula is C20H32FIN4O2. The van der Waals surface area contributed by atoms with E-state index in [0.717, 1.165) is 63.8 Å². The van der Waals surface area contributed by atoms with Gasteiger partial charge in [0.25, 0.3) is 0 Å². The van der Waals surface area contributed by atoms with Crippen LogP contribution in [0.5, 0.6) is 0 Å². The molecule has 8 heteroatoms. The second-order valence-corrected chi connectivity index (χ2v) is 7.21. The molecule has 1 aromatic rings. The zero-order chi connectivity index (χ0) is 19.0. The molecule has 1 aromatic carbocycles. The second-order valence-electron chi connectivity index (χ2n) is 7.21. The molecule has 0 saturated carbocycles.